The van der Waals surface area contributed by atoms with E-state index in [0.29, 0.717) is 5.88 Å². The van der Waals surface area contributed by atoms with Gasteiger partial charge in [-0.2, -0.15) is 0 Å². The summed E-state index contributed by atoms with van der Waals surface area (Å²) in [5.41, 5.74) is 1.04. The highest BCUT2D eigenvalue weighted by atomic mass is 16.5. The first-order chi connectivity index (χ1) is 9.58. The van der Waals surface area contributed by atoms with Crippen LogP contribution in [0.25, 0.3) is 0 Å². The van der Waals surface area contributed by atoms with Crippen molar-refractivity contribution >= 4 is 5.97 Å². The minimum Gasteiger partial charge on any atom is -0.478 e. The van der Waals surface area contributed by atoms with Crippen LogP contribution in [0.1, 0.15) is 42.2 Å². The van der Waals surface area contributed by atoms with Gasteiger partial charge in [-0.05, 0) is 32.4 Å². The number of carboxylic acids is 1. The first kappa shape index (κ1) is 14.8. The third kappa shape index (κ3) is 3.93. The molecule has 20 heavy (non-hydrogen) atoms. The molecule has 2 heterocycles. The molecule has 0 radical (unpaired) electrons. The predicted molar refractivity (Wildman–Crippen MR) is 76.3 cm³/mol. The SMILES string of the molecule is CCCc1cc(C(=O)O)cc(OC2CCN(C)CC2)n1. The highest BCUT2D eigenvalue weighted by Gasteiger charge is 2.19. The standard InChI is InChI=1S/C15H22N2O3/c1-3-4-12-9-11(15(18)19)10-14(16-12)20-13-5-7-17(2)8-6-13/h9-10,13H,3-8H2,1-2H3,(H,18,19). The lowest BCUT2D eigenvalue weighted by molar-refractivity contribution is 0.0694. The van der Waals surface area contributed by atoms with E-state index in [1.54, 1.807) is 6.07 Å². The van der Waals surface area contributed by atoms with Crippen LogP contribution in [0.3, 0.4) is 0 Å². The van der Waals surface area contributed by atoms with E-state index in [2.05, 4.69) is 16.9 Å². The van der Waals surface area contributed by atoms with Gasteiger partial charge in [0.1, 0.15) is 6.10 Å². The van der Waals surface area contributed by atoms with E-state index in [4.69, 9.17) is 9.84 Å². The highest BCUT2D eigenvalue weighted by molar-refractivity contribution is 5.88. The number of rotatable bonds is 5. The lowest BCUT2D eigenvalue weighted by Crippen LogP contribution is -2.35. The lowest BCUT2D eigenvalue weighted by atomic mass is 10.1. The second-order valence-electron chi connectivity index (χ2n) is 5.36. The monoisotopic (exact) mass is 278 g/mol. The van der Waals surface area contributed by atoms with Gasteiger partial charge in [0.25, 0.3) is 0 Å². The number of carboxylic acid groups (broad SMARTS) is 1. The number of aryl methyl sites for hydroxylation is 1. The van der Waals surface area contributed by atoms with Gasteiger partial charge in [0.05, 0.1) is 5.56 Å². The molecular weight excluding hydrogens is 256 g/mol. The molecule has 1 N–H and O–H groups in total. The van der Waals surface area contributed by atoms with Crippen molar-refractivity contribution in [1.29, 1.82) is 0 Å². The Bertz CT molecular complexity index is 468. The smallest absolute Gasteiger partial charge is 0.335 e. The Labute approximate surface area is 119 Å². The average molecular weight is 278 g/mol. The Hall–Kier alpha value is -1.62. The molecule has 0 aliphatic carbocycles. The molecule has 0 aromatic carbocycles. The summed E-state index contributed by atoms with van der Waals surface area (Å²) in [7, 11) is 2.10. The fraction of sp³-hybridized carbons (Fsp3) is 0.600. The van der Waals surface area contributed by atoms with Crippen LogP contribution in [0, 0.1) is 0 Å². The van der Waals surface area contributed by atoms with Crippen molar-refractivity contribution < 1.29 is 14.6 Å². The van der Waals surface area contributed by atoms with Gasteiger partial charge < -0.3 is 14.7 Å². The van der Waals surface area contributed by atoms with Crippen molar-refractivity contribution in [2.45, 2.75) is 38.7 Å². The number of hydrogen-bond acceptors (Lipinski definition) is 4. The van der Waals surface area contributed by atoms with E-state index in [0.717, 1.165) is 44.5 Å². The summed E-state index contributed by atoms with van der Waals surface area (Å²) in [6.07, 6.45) is 3.75. The summed E-state index contributed by atoms with van der Waals surface area (Å²) in [4.78, 5) is 17.8. The van der Waals surface area contributed by atoms with Crippen LogP contribution in [-0.4, -0.2) is 47.2 Å². The molecule has 1 saturated heterocycles. The summed E-state index contributed by atoms with van der Waals surface area (Å²) in [6.45, 7) is 4.06. The molecule has 0 saturated carbocycles. The molecule has 5 heteroatoms. The minimum absolute atomic E-state index is 0.136. The Kier molecular flexibility index (Phi) is 4.95. The van der Waals surface area contributed by atoms with Crippen molar-refractivity contribution in [3.8, 4) is 5.88 Å². The highest BCUT2D eigenvalue weighted by Crippen LogP contribution is 2.19. The van der Waals surface area contributed by atoms with Crippen LogP contribution in [0.5, 0.6) is 5.88 Å². The van der Waals surface area contributed by atoms with Crippen molar-refractivity contribution in [3.63, 3.8) is 0 Å². The van der Waals surface area contributed by atoms with Crippen molar-refractivity contribution in [2.24, 2.45) is 0 Å². The average Bonchev–Trinajstić information content (AvgIpc) is 2.41. The summed E-state index contributed by atoms with van der Waals surface area (Å²) in [5.74, 6) is -0.485. The van der Waals surface area contributed by atoms with E-state index in [9.17, 15) is 4.79 Å². The van der Waals surface area contributed by atoms with Crippen molar-refractivity contribution in [2.75, 3.05) is 20.1 Å². The quantitative estimate of drug-likeness (QED) is 0.894. The number of likely N-dealkylation sites (tertiary alicyclic amines) is 1. The van der Waals surface area contributed by atoms with Crippen molar-refractivity contribution in [1.82, 2.24) is 9.88 Å². The Morgan fingerprint density at radius 2 is 2.15 bits per heavy atom. The van der Waals surface area contributed by atoms with Gasteiger partial charge in [0.2, 0.25) is 5.88 Å². The topological polar surface area (TPSA) is 62.7 Å². The first-order valence-corrected chi connectivity index (χ1v) is 7.18. The lowest BCUT2D eigenvalue weighted by Gasteiger charge is -2.29. The van der Waals surface area contributed by atoms with E-state index in [1.165, 1.54) is 6.07 Å². The van der Waals surface area contributed by atoms with E-state index in [-0.39, 0.29) is 11.7 Å². The maximum Gasteiger partial charge on any atom is 0.335 e. The number of hydrogen-bond donors (Lipinski definition) is 1. The number of piperidine rings is 1. The third-order valence-corrected chi connectivity index (χ3v) is 3.56. The Morgan fingerprint density at radius 1 is 1.45 bits per heavy atom. The number of carbonyl (C=O) groups is 1. The molecule has 110 valence electrons. The molecule has 1 aliphatic rings. The van der Waals surface area contributed by atoms with Gasteiger partial charge in [-0.1, -0.05) is 13.3 Å². The number of nitrogens with zero attached hydrogens (tertiary/aromatic N) is 2. The minimum atomic E-state index is -0.932. The van der Waals surface area contributed by atoms with E-state index >= 15 is 0 Å². The molecule has 5 nitrogen and oxygen atoms in total. The molecule has 2 rings (SSSR count). The molecule has 0 unspecified atom stereocenters. The second kappa shape index (κ2) is 6.70. The number of aromatic carboxylic acids is 1. The van der Waals surface area contributed by atoms with Gasteiger partial charge in [-0.3, -0.25) is 0 Å². The molecule has 0 atom stereocenters. The molecule has 1 aromatic rings. The van der Waals surface area contributed by atoms with Crippen LogP contribution in [0.15, 0.2) is 12.1 Å². The molecule has 1 fully saturated rings. The zero-order valence-corrected chi connectivity index (χ0v) is 12.1. The second-order valence-corrected chi connectivity index (χ2v) is 5.36. The summed E-state index contributed by atoms with van der Waals surface area (Å²) >= 11 is 0. The fourth-order valence-electron chi connectivity index (χ4n) is 2.40. The predicted octanol–water partition coefficient (Wildman–Crippen LogP) is 2.21. The number of pyridine rings is 1. The van der Waals surface area contributed by atoms with Gasteiger partial charge >= 0.3 is 5.97 Å². The number of aromatic nitrogens is 1. The maximum atomic E-state index is 11.2. The largest absolute Gasteiger partial charge is 0.478 e. The Balaban J connectivity index is 2.11. The van der Waals surface area contributed by atoms with Crippen LogP contribution < -0.4 is 4.74 Å². The van der Waals surface area contributed by atoms with Gasteiger partial charge in [-0.25, -0.2) is 9.78 Å². The van der Waals surface area contributed by atoms with E-state index in [1.807, 2.05) is 6.92 Å². The normalized spacial score (nSPS) is 17.1. The van der Waals surface area contributed by atoms with E-state index < -0.39 is 5.97 Å². The summed E-state index contributed by atoms with van der Waals surface area (Å²) in [6, 6.07) is 3.16. The molecule has 0 bridgehead atoms. The zero-order chi connectivity index (χ0) is 14.5. The van der Waals surface area contributed by atoms with Gasteiger partial charge in [0.15, 0.2) is 0 Å². The van der Waals surface area contributed by atoms with Gasteiger partial charge in [0, 0.05) is 24.8 Å². The van der Waals surface area contributed by atoms with Gasteiger partial charge in [-0.15, -0.1) is 0 Å². The first-order valence-electron chi connectivity index (χ1n) is 7.18. The molecule has 1 aliphatic heterocycles. The summed E-state index contributed by atoms with van der Waals surface area (Å²) in [5, 5.41) is 9.15. The fourth-order valence-corrected chi connectivity index (χ4v) is 2.40. The Morgan fingerprint density at radius 3 is 2.75 bits per heavy atom. The van der Waals surface area contributed by atoms with Crippen LogP contribution >= 0.6 is 0 Å². The van der Waals surface area contributed by atoms with Crippen LogP contribution in [0.2, 0.25) is 0 Å². The maximum absolute atomic E-state index is 11.2. The van der Waals surface area contributed by atoms with Crippen LogP contribution in [0.4, 0.5) is 0 Å². The molecule has 1 aromatic heterocycles. The van der Waals surface area contributed by atoms with Crippen LogP contribution in [-0.2, 0) is 6.42 Å². The third-order valence-electron chi connectivity index (χ3n) is 3.56. The molecule has 0 spiro atoms. The summed E-state index contributed by atoms with van der Waals surface area (Å²) < 4.78 is 5.88. The molecular formula is C15H22N2O3. The van der Waals surface area contributed by atoms with Crippen molar-refractivity contribution in [3.05, 3.63) is 23.4 Å². The number of ether oxygens (including phenoxy) is 1. The molecule has 0 amide bonds. The zero-order valence-electron chi connectivity index (χ0n) is 12.1.